The average Bonchev–Trinajstić information content (AvgIpc) is 2.80. The summed E-state index contributed by atoms with van der Waals surface area (Å²) in [4.78, 5) is 28.8. The summed E-state index contributed by atoms with van der Waals surface area (Å²) in [6.07, 6.45) is 1.62. The molecule has 1 fully saturated rings. The predicted molar refractivity (Wildman–Crippen MR) is 127 cm³/mol. The molecule has 6 nitrogen and oxygen atoms in total. The molecule has 2 N–H and O–H groups in total. The standard InChI is InChI=1S/C25H31ClFN3O3/c1-16-14-19(25(33)29(3)12-13-31)4-6-21(16)17(2)30-10-8-20(9-11-30)28-24(32)18-5-7-23(27)22(26)15-18/h4-7,14-15,17,20,31H,8-13H2,1-3H3,(H,28,32). The molecule has 0 saturated carbocycles. The van der Waals surface area contributed by atoms with Gasteiger partial charge in [0, 0.05) is 49.9 Å². The van der Waals surface area contributed by atoms with E-state index in [1.165, 1.54) is 28.7 Å². The number of likely N-dealkylation sites (tertiary alicyclic amines) is 1. The maximum atomic E-state index is 13.3. The first-order valence-corrected chi connectivity index (χ1v) is 11.6. The van der Waals surface area contributed by atoms with Gasteiger partial charge in [-0.25, -0.2) is 4.39 Å². The lowest BCUT2D eigenvalue weighted by Crippen LogP contribution is -2.45. The van der Waals surface area contributed by atoms with Crippen molar-refractivity contribution in [3.8, 4) is 0 Å². The lowest BCUT2D eigenvalue weighted by atomic mass is 9.95. The van der Waals surface area contributed by atoms with E-state index in [9.17, 15) is 14.0 Å². The zero-order valence-corrected chi connectivity index (χ0v) is 20.0. The van der Waals surface area contributed by atoms with Gasteiger partial charge < -0.3 is 15.3 Å². The third-order valence-corrected chi connectivity index (χ3v) is 6.63. The van der Waals surface area contributed by atoms with Crippen molar-refractivity contribution in [3.63, 3.8) is 0 Å². The topological polar surface area (TPSA) is 72.9 Å². The number of likely N-dealkylation sites (N-methyl/N-ethyl adjacent to an activating group) is 1. The Bertz CT molecular complexity index is 1010. The molecule has 0 radical (unpaired) electrons. The Morgan fingerprint density at radius 3 is 2.48 bits per heavy atom. The number of amides is 2. The van der Waals surface area contributed by atoms with Crippen LogP contribution in [0.2, 0.25) is 5.02 Å². The minimum absolute atomic E-state index is 0.0490. The smallest absolute Gasteiger partial charge is 0.253 e. The van der Waals surface area contributed by atoms with Crippen LogP contribution in [0.25, 0.3) is 0 Å². The summed E-state index contributed by atoms with van der Waals surface area (Å²) in [6, 6.07) is 9.97. The van der Waals surface area contributed by atoms with Gasteiger partial charge in [-0.2, -0.15) is 0 Å². The molecule has 1 heterocycles. The highest BCUT2D eigenvalue weighted by molar-refractivity contribution is 6.31. The lowest BCUT2D eigenvalue weighted by molar-refractivity contribution is 0.0766. The summed E-state index contributed by atoms with van der Waals surface area (Å²) in [5.74, 6) is -0.892. The number of rotatable bonds is 7. The monoisotopic (exact) mass is 475 g/mol. The fourth-order valence-electron chi connectivity index (χ4n) is 4.28. The van der Waals surface area contributed by atoms with Crippen molar-refractivity contribution in [1.29, 1.82) is 0 Å². The number of carbonyl (C=O) groups excluding carboxylic acids is 2. The highest BCUT2D eigenvalue weighted by Gasteiger charge is 2.26. The number of aryl methyl sites for hydroxylation is 1. The van der Waals surface area contributed by atoms with E-state index in [0.717, 1.165) is 31.5 Å². The van der Waals surface area contributed by atoms with Crippen molar-refractivity contribution >= 4 is 23.4 Å². The maximum Gasteiger partial charge on any atom is 0.253 e. The highest BCUT2D eigenvalue weighted by atomic mass is 35.5. The number of aliphatic hydroxyl groups is 1. The number of nitrogens with one attached hydrogen (secondary N) is 1. The van der Waals surface area contributed by atoms with E-state index in [4.69, 9.17) is 16.7 Å². The van der Waals surface area contributed by atoms with Gasteiger partial charge in [0.2, 0.25) is 0 Å². The minimum Gasteiger partial charge on any atom is -0.395 e. The maximum absolute atomic E-state index is 13.3. The molecule has 1 aliphatic heterocycles. The van der Waals surface area contributed by atoms with Crippen molar-refractivity contribution in [1.82, 2.24) is 15.1 Å². The number of aliphatic hydroxyl groups excluding tert-OH is 1. The Kier molecular flexibility index (Phi) is 8.46. The van der Waals surface area contributed by atoms with Gasteiger partial charge in [-0.1, -0.05) is 17.7 Å². The van der Waals surface area contributed by atoms with Crippen LogP contribution in [0.15, 0.2) is 36.4 Å². The molecule has 2 aromatic rings. The largest absolute Gasteiger partial charge is 0.395 e. The molecule has 2 amide bonds. The van der Waals surface area contributed by atoms with E-state index in [2.05, 4.69) is 17.1 Å². The van der Waals surface area contributed by atoms with Crippen LogP contribution < -0.4 is 5.32 Å². The van der Waals surface area contributed by atoms with Crippen LogP contribution in [0.3, 0.4) is 0 Å². The molecule has 0 aliphatic carbocycles. The molecule has 1 unspecified atom stereocenters. The van der Waals surface area contributed by atoms with Gasteiger partial charge in [-0.05, 0) is 68.1 Å². The fourth-order valence-corrected chi connectivity index (χ4v) is 4.46. The lowest BCUT2D eigenvalue weighted by Gasteiger charge is -2.37. The van der Waals surface area contributed by atoms with E-state index in [1.54, 1.807) is 7.05 Å². The molecule has 0 bridgehead atoms. The third kappa shape index (κ3) is 6.10. The normalized spacial score (nSPS) is 15.8. The van der Waals surface area contributed by atoms with E-state index >= 15 is 0 Å². The molecule has 8 heteroatoms. The molecule has 33 heavy (non-hydrogen) atoms. The van der Waals surface area contributed by atoms with E-state index < -0.39 is 5.82 Å². The van der Waals surface area contributed by atoms with E-state index in [1.807, 2.05) is 25.1 Å². The van der Waals surface area contributed by atoms with Crippen molar-refractivity contribution in [2.75, 3.05) is 33.3 Å². The minimum atomic E-state index is -0.541. The summed E-state index contributed by atoms with van der Waals surface area (Å²) in [5, 5.41) is 12.0. The number of piperidine rings is 1. The summed E-state index contributed by atoms with van der Waals surface area (Å²) < 4.78 is 13.3. The number of hydrogen-bond donors (Lipinski definition) is 2. The SMILES string of the molecule is Cc1cc(C(=O)N(C)CCO)ccc1C(C)N1CCC(NC(=O)c2ccc(F)c(Cl)c2)CC1. The summed E-state index contributed by atoms with van der Waals surface area (Å²) >= 11 is 5.79. The van der Waals surface area contributed by atoms with Crippen molar-refractivity contribution in [3.05, 3.63) is 69.5 Å². The first-order chi connectivity index (χ1) is 15.7. The van der Waals surface area contributed by atoms with Gasteiger partial charge in [0.1, 0.15) is 5.82 Å². The highest BCUT2D eigenvalue weighted by Crippen LogP contribution is 2.28. The molecule has 178 valence electrons. The van der Waals surface area contributed by atoms with Gasteiger partial charge in [0.25, 0.3) is 11.8 Å². The Morgan fingerprint density at radius 2 is 1.88 bits per heavy atom. The van der Waals surface area contributed by atoms with Crippen LogP contribution >= 0.6 is 11.6 Å². The average molecular weight is 476 g/mol. The van der Waals surface area contributed by atoms with Crippen LogP contribution in [0.4, 0.5) is 4.39 Å². The molecule has 2 aromatic carbocycles. The molecular weight excluding hydrogens is 445 g/mol. The van der Waals surface area contributed by atoms with Crippen molar-refractivity contribution in [2.24, 2.45) is 0 Å². The molecule has 1 aliphatic rings. The van der Waals surface area contributed by atoms with Gasteiger partial charge >= 0.3 is 0 Å². The number of nitrogens with zero attached hydrogens (tertiary/aromatic N) is 2. The zero-order valence-electron chi connectivity index (χ0n) is 19.3. The predicted octanol–water partition coefficient (Wildman–Crippen LogP) is 3.81. The number of hydrogen-bond acceptors (Lipinski definition) is 4. The summed E-state index contributed by atoms with van der Waals surface area (Å²) in [5.41, 5.74) is 3.18. The Balaban J connectivity index is 1.57. The van der Waals surface area contributed by atoms with Crippen LogP contribution in [-0.2, 0) is 0 Å². The summed E-state index contributed by atoms with van der Waals surface area (Å²) in [7, 11) is 1.68. The van der Waals surface area contributed by atoms with E-state index in [0.29, 0.717) is 17.7 Å². The van der Waals surface area contributed by atoms with Crippen LogP contribution in [-0.4, -0.2) is 66.1 Å². The van der Waals surface area contributed by atoms with Gasteiger partial charge in [-0.15, -0.1) is 0 Å². The van der Waals surface area contributed by atoms with Crippen LogP contribution in [0.5, 0.6) is 0 Å². The molecule has 0 aromatic heterocycles. The first kappa shape index (κ1) is 25.1. The Morgan fingerprint density at radius 1 is 1.21 bits per heavy atom. The molecule has 0 spiro atoms. The van der Waals surface area contributed by atoms with Crippen molar-refractivity contribution in [2.45, 2.75) is 38.8 Å². The van der Waals surface area contributed by atoms with Gasteiger partial charge in [0.05, 0.1) is 11.6 Å². The number of halogens is 2. The Labute approximate surface area is 199 Å². The second-order valence-corrected chi connectivity index (χ2v) is 9.02. The zero-order chi connectivity index (χ0) is 24.1. The molecule has 1 atom stereocenters. The molecule has 1 saturated heterocycles. The second kappa shape index (κ2) is 11.1. The first-order valence-electron chi connectivity index (χ1n) is 11.2. The van der Waals surface area contributed by atoms with E-state index in [-0.39, 0.29) is 35.5 Å². The van der Waals surface area contributed by atoms with Gasteiger partial charge in [-0.3, -0.25) is 14.5 Å². The van der Waals surface area contributed by atoms with Crippen LogP contribution in [0, 0.1) is 12.7 Å². The number of benzene rings is 2. The fraction of sp³-hybridized carbons (Fsp3) is 0.440. The quantitative estimate of drug-likeness (QED) is 0.638. The summed E-state index contributed by atoms with van der Waals surface area (Å²) in [6.45, 7) is 6.06. The van der Waals surface area contributed by atoms with Gasteiger partial charge in [0.15, 0.2) is 0 Å². The number of carbonyl (C=O) groups is 2. The second-order valence-electron chi connectivity index (χ2n) is 8.61. The van der Waals surface area contributed by atoms with Crippen LogP contribution in [0.1, 0.15) is 57.7 Å². The Hall–Kier alpha value is -2.48. The van der Waals surface area contributed by atoms with Crippen molar-refractivity contribution < 1.29 is 19.1 Å². The molecular formula is C25H31ClFN3O3. The molecule has 3 rings (SSSR count). The third-order valence-electron chi connectivity index (χ3n) is 6.34.